The molecule has 0 spiro atoms. The van der Waals surface area contributed by atoms with Crippen LogP contribution >= 0.6 is 0 Å². The van der Waals surface area contributed by atoms with Gasteiger partial charge in [0.2, 0.25) is 0 Å². The third-order valence-corrected chi connectivity index (χ3v) is 3.40. The van der Waals surface area contributed by atoms with E-state index in [1.807, 2.05) is 0 Å². The molecule has 1 aromatic heterocycles. The Hall–Kier alpha value is -1.58. The minimum absolute atomic E-state index is 0.248. The van der Waals surface area contributed by atoms with Crippen molar-refractivity contribution in [3.05, 3.63) is 33.2 Å². The van der Waals surface area contributed by atoms with E-state index < -0.39 is 0 Å². The summed E-state index contributed by atoms with van der Waals surface area (Å²) in [6.07, 6.45) is 6.12. The zero-order chi connectivity index (χ0) is 13.0. The van der Waals surface area contributed by atoms with Crippen molar-refractivity contribution in [2.75, 3.05) is 6.54 Å². The topological polar surface area (TPSA) is 62.0 Å². The minimum atomic E-state index is -0.261. The van der Waals surface area contributed by atoms with Crippen LogP contribution in [0.3, 0.4) is 0 Å². The summed E-state index contributed by atoms with van der Waals surface area (Å²) in [6, 6.07) is 1.76. The van der Waals surface area contributed by atoms with Crippen molar-refractivity contribution in [1.82, 2.24) is 10.3 Å². The third-order valence-electron chi connectivity index (χ3n) is 3.40. The monoisotopic (exact) mass is 248 g/mol. The van der Waals surface area contributed by atoms with Gasteiger partial charge >= 0.3 is 0 Å². The lowest BCUT2D eigenvalue weighted by Crippen LogP contribution is -2.30. The highest BCUT2D eigenvalue weighted by Crippen LogP contribution is 2.18. The summed E-state index contributed by atoms with van der Waals surface area (Å²) in [6.45, 7) is 2.76. The number of nitrogens with one attached hydrogen (secondary N) is 2. The molecule has 1 aliphatic rings. The molecule has 1 heterocycles. The van der Waals surface area contributed by atoms with E-state index in [9.17, 15) is 9.59 Å². The zero-order valence-electron chi connectivity index (χ0n) is 10.8. The van der Waals surface area contributed by atoms with Crippen LogP contribution in [0.25, 0.3) is 0 Å². The molecule has 0 saturated carbocycles. The molecule has 0 saturated heterocycles. The molecule has 0 atom stereocenters. The van der Waals surface area contributed by atoms with E-state index in [0.29, 0.717) is 6.54 Å². The summed E-state index contributed by atoms with van der Waals surface area (Å²) in [5.74, 6) is -0.248. The summed E-state index contributed by atoms with van der Waals surface area (Å²) in [5, 5.41) is 2.81. The number of aryl methyl sites for hydroxylation is 2. The molecule has 0 radical (unpaired) electrons. The molecule has 18 heavy (non-hydrogen) atoms. The van der Waals surface area contributed by atoms with E-state index >= 15 is 0 Å². The van der Waals surface area contributed by atoms with Gasteiger partial charge in [-0.2, -0.15) is 0 Å². The molecular weight excluding hydrogens is 228 g/mol. The molecule has 1 amide bonds. The SMILES string of the molecule is CCCCCNC(=O)c1cc2c([nH]c1=O)CCC2. The Balaban J connectivity index is 2.04. The number of unbranched alkanes of at least 4 members (excludes halogenated alkanes) is 2. The summed E-state index contributed by atoms with van der Waals surface area (Å²) < 4.78 is 0. The fourth-order valence-electron chi connectivity index (χ4n) is 2.35. The number of carbonyl (C=O) groups is 1. The van der Waals surface area contributed by atoms with Gasteiger partial charge in [0.1, 0.15) is 5.56 Å². The normalized spacial score (nSPS) is 13.4. The number of H-pyrrole nitrogens is 1. The Kier molecular flexibility index (Phi) is 4.18. The van der Waals surface area contributed by atoms with Gasteiger partial charge in [0.25, 0.3) is 11.5 Å². The van der Waals surface area contributed by atoms with E-state index in [1.54, 1.807) is 6.07 Å². The number of fused-ring (bicyclic) bond motifs is 1. The van der Waals surface area contributed by atoms with Gasteiger partial charge < -0.3 is 10.3 Å². The second kappa shape index (κ2) is 5.85. The number of hydrogen-bond acceptors (Lipinski definition) is 2. The van der Waals surface area contributed by atoms with Gasteiger partial charge in [-0.25, -0.2) is 0 Å². The highest BCUT2D eigenvalue weighted by Gasteiger charge is 2.17. The summed E-state index contributed by atoms with van der Waals surface area (Å²) in [7, 11) is 0. The molecule has 1 aliphatic carbocycles. The van der Waals surface area contributed by atoms with Crippen molar-refractivity contribution in [2.45, 2.75) is 45.4 Å². The highest BCUT2D eigenvalue weighted by molar-refractivity contribution is 5.94. The van der Waals surface area contributed by atoms with Crippen molar-refractivity contribution < 1.29 is 4.79 Å². The third kappa shape index (κ3) is 2.81. The predicted octanol–water partition coefficient (Wildman–Crippen LogP) is 1.78. The maximum Gasteiger partial charge on any atom is 0.261 e. The Labute approximate surface area is 107 Å². The van der Waals surface area contributed by atoms with E-state index in [1.165, 1.54) is 0 Å². The first kappa shape index (κ1) is 12.9. The molecule has 4 nitrogen and oxygen atoms in total. The van der Waals surface area contributed by atoms with E-state index in [0.717, 1.165) is 49.8 Å². The quantitative estimate of drug-likeness (QED) is 0.780. The molecule has 98 valence electrons. The van der Waals surface area contributed by atoms with Crippen molar-refractivity contribution in [3.8, 4) is 0 Å². The molecule has 2 N–H and O–H groups in total. The van der Waals surface area contributed by atoms with Crippen LogP contribution in [0.5, 0.6) is 0 Å². The fraction of sp³-hybridized carbons (Fsp3) is 0.571. The molecule has 0 aliphatic heterocycles. The van der Waals surface area contributed by atoms with E-state index in [2.05, 4.69) is 17.2 Å². The van der Waals surface area contributed by atoms with Gasteiger partial charge in [0.05, 0.1) is 0 Å². The molecule has 1 aromatic rings. The molecule has 0 bridgehead atoms. The number of hydrogen-bond donors (Lipinski definition) is 2. The maximum atomic E-state index is 11.9. The minimum Gasteiger partial charge on any atom is -0.352 e. The van der Waals surface area contributed by atoms with Gasteiger partial charge in [-0.05, 0) is 37.3 Å². The van der Waals surface area contributed by atoms with Crippen LogP contribution in [-0.4, -0.2) is 17.4 Å². The summed E-state index contributed by atoms with van der Waals surface area (Å²) in [4.78, 5) is 26.5. The fourth-order valence-corrected chi connectivity index (χ4v) is 2.35. The molecule has 0 fully saturated rings. The number of pyridine rings is 1. The van der Waals surface area contributed by atoms with Crippen molar-refractivity contribution in [3.63, 3.8) is 0 Å². The molecular formula is C14H20N2O2. The number of amides is 1. The number of aromatic nitrogens is 1. The first-order chi connectivity index (χ1) is 8.72. The summed E-state index contributed by atoms with van der Waals surface area (Å²) in [5.41, 5.74) is 2.12. The van der Waals surface area contributed by atoms with Crippen LogP contribution < -0.4 is 10.9 Å². The van der Waals surface area contributed by atoms with Crippen LogP contribution in [0.1, 0.15) is 54.2 Å². The second-order valence-corrected chi connectivity index (χ2v) is 4.83. The number of rotatable bonds is 5. The van der Waals surface area contributed by atoms with Gasteiger partial charge in [0, 0.05) is 12.2 Å². The maximum absolute atomic E-state index is 11.9. The lowest BCUT2D eigenvalue weighted by atomic mass is 10.1. The zero-order valence-corrected chi connectivity index (χ0v) is 10.8. The van der Waals surface area contributed by atoms with Crippen molar-refractivity contribution in [2.24, 2.45) is 0 Å². The first-order valence-corrected chi connectivity index (χ1v) is 6.75. The lowest BCUT2D eigenvalue weighted by molar-refractivity contribution is 0.0951. The van der Waals surface area contributed by atoms with E-state index in [4.69, 9.17) is 0 Å². The van der Waals surface area contributed by atoms with Gasteiger partial charge in [-0.15, -0.1) is 0 Å². The molecule has 0 aromatic carbocycles. The Bertz CT molecular complexity index is 491. The molecule has 2 rings (SSSR count). The second-order valence-electron chi connectivity index (χ2n) is 4.83. The Morgan fingerprint density at radius 2 is 2.22 bits per heavy atom. The van der Waals surface area contributed by atoms with E-state index in [-0.39, 0.29) is 17.0 Å². The van der Waals surface area contributed by atoms with Crippen LogP contribution in [0.2, 0.25) is 0 Å². The molecule has 4 heteroatoms. The van der Waals surface area contributed by atoms with Crippen LogP contribution in [0.15, 0.2) is 10.9 Å². The predicted molar refractivity (Wildman–Crippen MR) is 70.9 cm³/mol. The Morgan fingerprint density at radius 3 is 3.00 bits per heavy atom. The largest absolute Gasteiger partial charge is 0.352 e. The van der Waals surface area contributed by atoms with Crippen molar-refractivity contribution in [1.29, 1.82) is 0 Å². The molecule has 0 unspecified atom stereocenters. The van der Waals surface area contributed by atoms with Crippen LogP contribution in [0, 0.1) is 0 Å². The van der Waals surface area contributed by atoms with Gasteiger partial charge in [0.15, 0.2) is 0 Å². The smallest absolute Gasteiger partial charge is 0.261 e. The number of carbonyl (C=O) groups excluding carboxylic acids is 1. The average Bonchev–Trinajstić information content (AvgIpc) is 2.80. The number of aromatic amines is 1. The van der Waals surface area contributed by atoms with Gasteiger partial charge in [-0.3, -0.25) is 9.59 Å². The van der Waals surface area contributed by atoms with Crippen LogP contribution in [-0.2, 0) is 12.8 Å². The average molecular weight is 248 g/mol. The lowest BCUT2D eigenvalue weighted by Gasteiger charge is -2.06. The van der Waals surface area contributed by atoms with Crippen LogP contribution in [0.4, 0.5) is 0 Å². The van der Waals surface area contributed by atoms with Crippen molar-refractivity contribution >= 4 is 5.91 Å². The Morgan fingerprint density at radius 1 is 1.39 bits per heavy atom. The standard InChI is InChI=1S/C14H20N2O2/c1-2-3-4-8-15-13(17)11-9-10-6-5-7-12(10)16-14(11)18/h9H,2-8H2,1H3,(H,15,17)(H,16,18). The highest BCUT2D eigenvalue weighted by atomic mass is 16.2. The summed E-state index contributed by atoms with van der Waals surface area (Å²) >= 11 is 0. The first-order valence-electron chi connectivity index (χ1n) is 6.75. The van der Waals surface area contributed by atoms with Gasteiger partial charge in [-0.1, -0.05) is 19.8 Å².